The van der Waals surface area contributed by atoms with E-state index in [1.54, 1.807) is 0 Å². The second-order valence-electron chi connectivity index (χ2n) is 2.14. The van der Waals surface area contributed by atoms with Crippen LogP contribution in [-0.4, -0.2) is 93.7 Å². The number of hydrogen-bond acceptors (Lipinski definition) is 6. The summed E-state index contributed by atoms with van der Waals surface area (Å²) in [7, 11) is 0. The molecule has 0 aliphatic carbocycles. The fraction of sp³-hybridized carbons (Fsp3) is 1.00. The monoisotopic (exact) mass is 206 g/mol. The zero-order chi connectivity index (χ0) is 9.98. The van der Waals surface area contributed by atoms with Crippen molar-refractivity contribution in [1.29, 1.82) is 0 Å². The number of hydrogen-bond donors (Lipinski definition) is 6. The van der Waals surface area contributed by atoms with E-state index >= 15 is 0 Å². The van der Waals surface area contributed by atoms with Gasteiger partial charge in [0.05, 0.1) is 32.5 Å². The van der Waals surface area contributed by atoms with E-state index in [1.165, 1.54) is 0 Å². The molecule has 0 aliphatic heterocycles. The molecule has 0 unspecified atom stereocenters. The van der Waals surface area contributed by atoms with Crippen LogP contribution in [0.4, 0.5) is 0 Å². The van der Waals surface area contributed by atoms with Gasteiger partial charge in [-0.15, -0.1) is 0 Å². The normalized spacial score (nSPS) is 9.23. The van der Waals surface area contributed by atoms with Crippen LogP contribution in [0.1, 0.15) is 0 Å². The summed E-state index contributed by atoms with van der Waals surface area (Å²) in [6, 6.07) is -0.454. The van der Waals surface area contributed by atoms with Gasteiger partial charge in [-0.3, -0.25) is 0 Å². The fourth-order valence-corrected chi connectivity index (χ4v) is 0.115. The summed E-state index contributed by atoms with van der Waals surface area (Å²) in [6.07, 6.45) is -0.954. The third-order valence-corrected chi connectivity index (χ3v) is 0.891. The number of aliphatic hydroxyl groups is 5. The van der Waals surface area contributed by atoms with E-state index < -0.39 is 12.1 Å². The van der Waals surface area contributed by atoms with Crippen molar-refractivity contribution in [2.75, 3.05) is 26.4 Å². The van der Waals surface area contributed by atoms with E-state index in [0.717, 1.165) is 0 Å². The van der Waals surface area contributed by atoms with E-state index in [4.69, 9.17) is 31.3 Å². The van der Waals surface area contributed by atoms with Gasteiger partial charge in [0.2, 0.25) is 0 Å². The van der Waals surface area contributed by atoms with Crippen LogP contribution < -0.4 is 5.73 Å². The Balaban J connectivity index is -0.000000143. The topological polar surface area (TPSA) is 127 Å². The quantitative estimate of drug-likeness (QED) is 0.262. The predicted molar refractivity (Wildman–Crippen MR) is 48.1 cm³/mol. The molecule has 0 saturated carbocycles. The predicted octanol–water partition coefficient (Wildman–Crippen LogP) is -3.75. The second-order valence-corrected chi connectivity index (χ2v) is 2.14. The second kappa shape index (κ2) is 15.2. The van der Waals surface area contributed by atoms with Gasteiger partial charge in [-0.05, 0) is 0 Å². The first kappa shape index (κ1) is 19.4. The summed E-state index contributed by atoms with van der Waals surface area (Å²) in [6.45, 7) is -1.01. The summed E-state index contributed by atoms with van der Waals surface area (Å²) >= 11 is 0. The first-order chi connectivity index (χ1) is 5.62. The summed E-state index contributed by atoms with van der Waals surface area (Å²) in [5.74, 6) is 0. The summed E-state index contributed by atoms with van der Waals surface area (Å²) in [4.78, 5) is 0. The van der Waals surface area contributed by atoms with E-state index in [2.05, 4.69) is 0 Å². The van der Waals surface area contributed by atoms with Crippen molar-refractivity contribution in [1.82, 2.24) is 0 Å². The van der Waals surface area contributed by atoms with E-state index in [9.17, 15) is 0 Å². The average molecular weight is 206 g/mol. The maximum Gasteiger partial charge on any atom is 0.100 e. The third kappa shape index (κ3) is 19.3. The number of nitrogens with two attached hydrogens (primary N) is 1. The molecule has 7 N–H and O–H groups in total. The molecule has 0 aromatic heterocycles. The van der Waals surface area contributed by atoms with Crippen LogP contribution in [0.25, 0.3) is 0 Å². The minimum Gasteiger partial charge on any atom is -0.395 e. The molecule has 6 nitrogen and oxygen atoms in total. The number of rotatable bonds is 4. The molecule has 1 radical (unpaired) electrons. The Kier molecular flexibility index (Phi) is 22.7. The van der Waals surface area contributed by atoms with Gasteiger partial charge in [0.1, 0.15) is 6.10 Å². The van der Waals surface area contributed by atoms with Crippen LogP contribution in [0.3, 0.4) is 0 Å². The fourth-order valence-electron chi connectivity index (χ4n) is 0.115. The first-order valence-corrected chi connectivity index (χ1v) is 3.49. The van der Waals surface area contributed by atoms with Gasteiger partial charge in [-0.1, -0.05) is 0 Å². The SMILES string of the molecule is NC(CO)CO.OCC(O)CO.[Na]. The van der Waals surface area contributed by atoms with Crippen LogP contribution in [0.5, 0.6) is 0 Å². The largest absolute Gasteiger partial charge is 0.395 e. The van der Waals surface area contributed by atoms with Gasteiger partial charge in [-0.25, -0.2) is 0 Å². The summed E-state index contributed by atoms with van der Waals surface area (Å²) in [5, 5.41) is 40.1. The molecule has 0 saturated heterocycles. The smallest absolute Gasteiger partial charge is 0.100 e. The standard InChI is InChI=1S/C3H9NO2.C3H8O3.Na/c4-3(1-5)2-6;4-1-3(6)2-5;/h3,5-6H,1-2,4H2;3-6H,1-2H2;. The Labute approximate surface area is 99.3 Å². The molecule has 0 atom stereocenters. The number of aliphatic hydroxyl groups excluding tert-OH is 5. The molecule has 0 aliphatic rings. The summed E-state index contributed by atoms with van der Waals surface area (Å²) in [5.41, 5.74) is 4.97. The Morgan fingerprint density at radius 2 is 1.15 bits per heavy atom. The van der Waals surface area contributed by atoms with E-state index in [1.807, 2.05) is 0 Å². The van der Waals surface area contributed by atoms with Crippen molar-refractivity contribution in [2.24, 2.45) is 5.73 Å². The Bertz CT molecular complexity index is 69.4. The molecule has 0 rings (SSSR count). The maximum absolute atomic E-state index is 8.17. The molecule has 13 heavy (non-hydrogen) atoms. The Morgan fingerprint density at radius 1 is 0.846 bits per heavy atom. The van der Waals surface area contributed by atoms with Crippen molar-refractivity contribution in [2.45, 2.75) is 12.1 Å². The Morgan fingerprint density at radius 3 is 1.15 bits per heavy atom. The van der Waals surface area contributed by atoms with Gasteiger partial charge in [-0.2, -0.15) is 0 Å². The van der Waals surface area contributed by atoms with Gasteiger partial charge < -0.3 is 31.3 Å². The molecular formula is C6H17NNaO5. The van der Waals surface area contributed by atoms with E-state index in [0.29, 0.717) is 0 Å². The van der Waals surface area contributed by atoms with Crippen LogP contribution in [0, 0.1) is 0 Å². The zero-order valence-corrected chi connectivity index (χ0v) is 9.80. The first-order valence-electron chi connectivity index (χ1n) is 3.49. The van der Waals surface area contributed by atoms with Crippen LogP contribution in [-0.2, 0) is 0 Å². The molecule has 0 heterocycles. The van der Waals surface area contributed by atoms with Crippen molar-refractivity contribution in [3.05, 3.63) is 0 Å². The molecule has 0 aromatic carbocycles. The minimum absolute atomic E-state index is 0. The van der Waals surface area contributed by atoms with E-state index in [-0.39, 0.29) is 56.0 Å². The van der Waals surface area contributed by atoms with Crippen LogP contribution in [0.2, 0.25) is 0 Å². The molecule has 0 bridgehead atoms. The zero-order valence-electron chi connectivity index (χ0n) is 7.80. The van der Waals surface area contributed by atoms with Crippen molar-refractivity contribution >= 4 is 29.6 Å². The van der Waals surface area contributed by atoms with Crippen molar-refractivity contribution < 1.29 is 25.5 Å². The average Bonchev–Trinajstić information content (AvgIpc) is 2.16. The molecule has 0 spiro atoms. The van der Waals surface area contributed by atoms with Crippen molar-refractivity contribution in [3.63, 3.8) is 0 Å². The third-order valence-electron chi connectivity index (χ3n) is 0.891. The van der Waals surface area contributed by atoms with Gasteiger partial charge in [0, 0.05) is 29.6 Å². The summed E-state index contributed by atoms with van der Waals surface area (Å²) < 4.78 is 0. The molecule has 0 aromatic rings. The Hall–Kier alpha value is 0.760. The molecule has 0 amide bonds. The maximum atomic E-state index is 8.17. The van der Waals surface area contributed by atoms with Crippen molar-refractivity contribution in [3.8, 4) is 0 Å². The van der Waals surface area contributed by atoms with Gasteiger partial charge in [0.15, 0.2) is 0 Å². The molecule has 0 fully saturated rings. The van der Waals surface area contributed by atoms with Gasteiger partial charge in [0.25, 0.3) is 0 Å². The van der Waals surface area contributed by atoms with Crippen LogP contribution >= 0.6 is 0 Å². The molecule has 7 heteroatoms. The van der Waals surface area contributed by atoms with Crippen LogP contribution in [0.15, 0.2) is 0 Å². The van der Waals surface area contributed by atoms with Gasteiger partial charge >= 0.3 is 0 Å². The minimum atomic E-state index is -0.954. The molecule has 77 valence electrons. The molecular weight excluding hydrogens is 189 g/mol.